The van der Waals surface area contributed by atoms with Crippen LogP contribution >= 0.6 is 45.2 Å². The third-order valence-corrected chi connectivity index (χ3v) is 6.28. The number of esters is 1. The molecule has 9 heteroatoms. The van der Waals surface area contributed by atoms with Crippen molar-refractivity contribution in [3.8, 4) is 5.75 Å². The molecule has 0 saturated carbocycles. The number of ether oxygens (including phenoxy) is 2. The summed E-state index contributed by atoms with van der Waals surface area (Å²) in [7, 11) is 1.30. The number of benzene rings is 3. The Morgan fingerprint density at radius 3 is 2.00 bits per heavy atom. The zero-order chi connectivity index (χ0) is 23.8. The number of aliphatic hydroxyl groups is 1. The second-order valence-corrected chi connectivity index (χ2v) is 9.14. The maximum Gasteiger partial charge on any atom is 0.343 e. The summed E-state index contributed by atoms with van der Waals surface area (Å²) in [5.74, 6) is -0.594. The summed E-state index contributed by atoms with van der Waals surface area (Å²) in [5, 5.41) is 15.5. The van der Waals surface area contributed by atoms with Gasteiger partial charge >= 0.3 is 5.97 Å². The quantitative estimate of drug-likeness (QED) is 0.165. The summed E-state index contributed by atoms with van der Waals surface area (Å²) in [5.41, 5.74) is 2.11. The molecule has 0 atom stereocenters. The first kappa shape index (κ1) is 25.1. The largest absolute Gasteiger partial charge is 0.480 e. The molecule has 2 N–H and O–H groups in total. The van der Waals surface area contributed by atoms with Gasteiger partial charge in [0.1, 0.15) is 5.75 Å². The lowest BCUT2D eigenvalue weighted by Crippen LogP contribution is -2.43. The van der Waals surface area contributed by atoms with Gasteiger partial charge in [0.05, 0.1) is 20.5 Å². The molecule has 0 aliphatic rings. The first-order valence-electron chi connectivity index (χ1n) is 9.72. The number of nitrogens with zero attached hydrogens (tertiary/aromatic N) is 1. The highest BCUT2D eigenvalue weighted by Gasteiger charge is 2.39. The molecule has 0 heterocycles. The minimum Gasteiger partial charge on any atom is -0.480 e. The van der Waals surface area contributed by atoms with Gasteiger partial charge in [0.2, 0.25) is 0 Å². The van der Waals surface area contributed by atoms with E-state index in [9.17, 15) is 14.7 Å². The van der Waals surface area contributed by atoms with E-state index in [1.807, 2.05) is 12.1 Å². The fraction of sp³-hybridized carbons (Fsp3) is 0.125. The Morgan fingerprint density at radius 1 is 1.00 bits per heavy atom. The van der Waals surface area contributed by atoms with Gasteiger partial charge in [-0.25, -0.2) is 10.2 Å². The van der Waals surface area contributed by atoms with E-state index in [1.54, 1.807) is 60.7 Å². The molecule has 0 aromatic heterocycles. The maximum atomic E-state index is 13.1. The fourth-order valence-electron chi connectivity index (χ4n) is 3.02. The molecule has 0 aliphatic heterocycles. The summed E-state index contributed by atoms with van der Waals surface area (Å²) in [6.07, 6.45) is 1.47. The topological polar surface area (TPSA) is 97.2 Å². The number of rotatable bonds is 8. The van der Waals surface area contributed by atoms with Gasteiger partial charge in [0.15, 0.2) is 12.2 Å². The van der Waals surface area contributed by atoms with Gasteiger partial charge in [0, 0.05) is 0 Å². The van der Waals surface area contributed by atoms with Gasteiger partial charge in [-0.3, -0.25) is 4.79 Å². The molecule has 0 bridgehead atoms. The van der Waals surface area contributed by atoms with Crippen LogP contribution in [0.25, 0.3) is 0 Å². The normalized spacial score (nSPS) is 11.3. The van der Waals surface area contributed by atoms with E-state index in [1.165, 1.54) is 13.3 Å². The van der Waals surface area contributed by atoms with E-state index >= 15 is 0 Å². The van der Waals surface area contributed by atoms with Crippen molar-refractivity contribution in [1.82, 2.24) is 5.43 Å². The number of nitrogens with one attached hydrogen (secondary N) is 1. The molecular weight excluding hydrogens is 650 g/mol. The molecule has 3 rings (SSSR count). The molecule has 1 amide bonds. The highest BCUT2D eigenvalue weighted by atomic mass is 127. The molecule has 0 aliphatic carbocycles. The summed E-state index contributed by atoms with van der Waals surface area (Å²) in [6.45, 7) is -0.191. The Morgan fingerprint density at radius 2 is 1.52 bits per heavy atom. The second kappa shape index (κ2) is 11.6. The van der Waals surface area contributed by atoms with E-state index in [-0.39, 0.29) is 6.61 Å². The lowest BCUT2D eigenvalue weighted by molar-refractivity contribution is -0.143. The number of hydrogen-bond acceptors (Lipinski definition) is 6. The van der Waals surface area contributed by atoms with Crippen molar-refractivity contribution in [3.05, 3.63) is 96.6 Å². The molecule has 0 unspecified atom stereocenters. The van der Waals surface area contributed by atoms with Gasteiger partial charge in [-0.2, -0.15) is 5.10 Å². The third-order valence-electron chi connectivity index (χ3n) is 4.67. The van der Waals surface area contributed by atoms with Crippen LogP contribution in [0.2, 0.25) is 0 Å². The number of hydrazone groups is 1. The Balaban J connectivity index is 1.80. The van der Waals surface area contributed by atoms with Gasteiger partial charge in [0.25, 0.3) is 5.91 Å². The monoisotopic (exact) mass is 670 g/mol. The number of carbonyl (C=O) groups excluding carboxylic acids is 2. The smallest absolute Gasteiger partial charge is 0.343 e. The zero-order valence-corrected chi connectivity index (χ0v) is 21.8. The van der Waals surface area contributed by atoms with Crippen molar-refractivity contribution in [1.29, 1.82) is 0 Å². The molecule has 3 aromatic rings. The first-order valence-corrected chi connectivity index (χ1v) is 11.9. The molecule has 33 heavy (non-hydrogen) atoms. The van der Waals surface area contributed by atoms with Gasteiger partial charge < -0.3 is 14.6 Å². The fourth-order valence-corrected chi connectivity index (χ4v) is 5.14. The molecular formula is C24H20I2N2O5. The Hall–Kier alpha value is -2.51. The standard InChI is InChI=1S/C24H20I2N2O5/c1-32-21(29)15-33-22-19(25)12-16(13-20(22)26)14-27-28-23(30)24(31,17-8-4-2-5-9-17)18-10-6-3-7-11-18/h2-14,31H,15H2,1H3,(H,28,30). The summed E-state index contributed by atoms with van der Waals surface area (Å²) in [4.78, 5) is 24.4. The van der Waals surface area contributed by atoms with Gasteiger partial charge in [-0.05, 0) is 74.0 Å². The lowest BCUT2D eigenvalue weighted by Gasteiger charge is -2.27. The SMILES string of the molecule is COC(=O)COc1c(I)cc(C=NNC(=O)C(O)(c2ccccc2)c2ccccc2)cc1I. The molecule has 0 saturated heterocycles. The summed E-state index contributed by atoms with van der Waals surface area (Å²) >= 11 is 4.19. The number of methoxy groups -OCH3 is 1. The van der Waals surface area contributed by atoms with Crippen LogP contribution in [0.15, 0.2) is 77.9 Å². The van der Waals surface area contributed by atoms with Crippen molar-refractivity contribution in [2.45, 2.75) is 5.60 Å². The summed E-state index contributed by atoms with van der Waals surface area (Å²) in [6, 6.07) is 21.0. The molecule has 7 nitrogen and oxygen atoms in total. The van der Waals surface area contributed by atoms with Crippen LogP contribution in [-0.4, -0.2) is 36.9 Å². The minimum atomic E-state index is -1.91. The number of halogens is 2. The molecule has 0 radical (unpaired) electrons. The van der Waals surface area contributed by atoms with E-state index < -0.39 is 17.5 Å². The van der Waals surface area contributed by atoms with E-state index in [2.05, 4.69) is 60.4 Å². The van der Waals surface area contributed by atoms with Crippen molar-refractivity contribution < 1.29 is 24.2 Å². The highest BCUT2D eigenvalue weighted by Crippen LogP contribution is 2.30. The number of amides is 1. The molecule has 0 spiro atoms. The first-order chi connectivity index (χ1) is 15.9. The third kappa shape index (κ3) is 6.09. The molecule has 3 aromatic carbocycles. The van der Waals surface area contributed by atoms with Crippen LogP contribution in [0, 0.1) is 7.14 Å². The predicted molar refractivity (Wildman–Crippen MR) is 141 cm³/mol. The maximum absolute atomic E-state index is 13.1. The van der Waals surface area contributed by atoms with Crippen LogP contribution in [-0.2, 0) is 19.9 Å². The second-order valence-electron chi connectivity index (χ2n) is 6.82. The van der Waals surface area contributed by atoms with Crippen LogP contribution in [0.4, 0.5) is 0 Å². The molecule has 170 valence electrons. The van der Waals surface area contributed by atoms with Crippen LogP contribution in [0.1, 0.15) is 16.7 Å². The average Bonchev–Trinajstić information content (AvgIpc) is 2.83. The van der Waals surface area contributed by atoms with E-state index in [0.717, 1.165) is 7.14 Å². The van der Waals surface area contributed by atoms with Gasteiger partial charge in [-0.15, -0.1) is 0 Å². The Kier molecular flexibility index (Phi) is 8.80. The number of hydrogen-bond donors (Lipinski definition) is 2. The van der Waals surface area contributed by atoms with Crippen LogP contribution < -0.4 is 10.2 Å². The lowest BCUT2D eigenvalue weighted by atomic mass is 9.85. The Bertz CT molecular complexity index is 1090. The van der Waals surface area contributed by atoms with Crippen LogP contribution in [0.5, 0.6) is 5.75 Å². The number of carbonyl (C=O) groups is 2. The van der Waals surface area contributed by atoms with Crippen molar-refractivity contribution in [2.24, 2.45) is 5.10 Å². The average molecular weight is 670 g/mol. The van der Waals surface area contributed by atoms with Crippen LogP contribution in [0.3, 0.4) is 0 Å². The van der Waals surface area contributed by atoms with Crippen molar-refractivity contribution in [2.75, 3.05) is 13.7 Å². The highest BCUT2D eigenvalue weighted by molar-refractivity contribution is 14.1. The zero-order valence-electron chi connectivity index (χ0n) is 17.5. The van der Waals surface area contributed by atoms with E-state index in [4.69, 9.17) is 4.74 Å². The Labute approximate surface area is 218 Å². The van der Waals surface area contributed by atoms with Crippen molar-refractivity contribution >= 4 is 63.3 Å². The minimum absolute atomic E-state index is 0.191. The summed E-state index contributed by atoms with van der Waals surface area (Å²) < 4.78 is 11.6. The predicted octanol–water partition coefficient (Wildman–Crippen LogP) is 3.83. The van der Waals surface area contributed by atoms with Crippen molar-refractivity contribution in [3.63, 3.8) is 0 Å². The molecule has 0 fully saturated rings. The van der Waals surface area contributed by atoms with E-state index in [0.29, 0.717) is 22.4 Å². The van der Waals surface area contributed by atoms with Gasteiger partial charge in [-0.1, -0.05) is 60.7 Å².